The maximum absolute atomic E-state index is 12.6. The summed E-state index contributed by atoms with van der Waals surface area (Å²) in [5.41, 5.74) is 0.536. The minimum atomic E-state index is -1.17. The van der Waals surface area contributed by atoms with Crippen LogP contribution in [0.15, 0.2) is 34.1 Å². The number of hydrogen-bond acceptors (Lipinski definition) is 5. The zero-order chi connectivity index (χ0) is 19.3. The third kappa shape index (κ3) is 2.50. The number of carboxylic acids is 1. The number of rotatable bonds is 4. The number of carboxylic acid groups (broad SMARTS) is 1. The second-order valence-electron chi connectivity index (χ2n) is 6.17. The molecule has 0 radical (unpaired) electrons. The lowest BCUT2D eigenvalue weighted by molar-refractivity contribution is 0.0698. The van der Waals surface area contributed by atoms with E-state index in [4.69, 9.17) is 0 Å². The zero-order valence-electron chi connectivity index (χ0n) is 14.6. The van der Waals surface area contributed by atoms with Gasteiger partial charge >= 0.3 is 11.7 Å². The van der Waals surface area contributed by atoms with Gasteiger partial charge in [0.05, 0.1) is 10.9 Å². The fourth-order valence-corrected chi connectivity index (χ4v) is 4.70. The Balaban J connectivity index is 2.02. The molecule has 27 heavy (non-hydrogen) atoms. The molecule has 138 valence electrons. The maximum atomic E-state index is 12.6. The van der Waals surface area contributed by atoms with E-state index >= 15 is 0 Å². The van der Waals surface area contributed by atoms with Gasteiger partial charge in [-0.25, -0.2) is 14.6 Å². The number of carbonyl (C=O) groups is 1. The molecule has 0 saturated carbocycles. The molecule has 0 aliphatic rings. The Morgan fingerprint density at radius 2 is 2.15 bits per heavy atom. The summed E-state index contributed by atoms with van der Waals surface area (Å²) in [4.78, 5) is 45.3. The standard InChI is InChI=1S/C18H16N4O4S/c1-3-22-16-13(15(23)21(2)18(22)26)12(17(24)25)11(27-16)7-9-8-20-14-10(9)5-4-6-19-14/h4-6,8H,3,7H2,1-2H3,(H,19,20)(H,24,25). The summed E-state index contributed by atoms with van der Waals surface area (Å²) in [7, 11) is 1.37. The highest BCUT2D eigenvalue weighted by atomic mass is 32.1. The molecule has 2 N–H and O–H groups in total. The van der Waals surface area contributed by atoms with Crippen molar-refractivity contribution in [3.63, 3.8) is 0 Å². The maximum Gasteiger partial charge on any atom is 0.337 e. The van der Waals surface area contributed by atoms with Gasteiger partial charge in [0.1, 0.15) is 10.5 Å². The van der Waals surface area contributed by atoms with Crippen molar-refractivity contribution in [2.24, 2.45) is 7.05 Å². The fourth-order valence-electron chi connectivity index (χ4n) is 3.34. The van der Waals surface area contributed by atoms with Crippen molar-refractivity contribution in [3.05, 3.63) is 61.4 Å². The molecule has 0 bridgehead atoms. The third-order valence-electron chi connectivity index (χ3n) is 4.66. The van der Waals surface area contributed by atoms with Crippen LogP contribution >= 0.6 is 11.3 Å². The van der Waals surface area contributed by atoms with Gasteiger partial charge in [-0.05, 0) is 24.6 Å². The highest BCUT2D eigenvalue weighted by molar-refractivity contribution is 7.19. The summed E-state index contributed by atoms with van der Waals surface area (Å²) in [6.45, 7) is 2.13. The SMILES string of the molecule is CCn1c(=O)n(C)c(=O)c2c(C(=O)O)c(Cc3c[nH]c4ncccc34)sc21. The van der Waals surface area contributed by atoms with Gasteiger partial charge in [0.15, 0.2) is 0 Å². The van der Waals surface area contributed by atoms with E-state index in [9.17, 15) is 19.5 Å². The second kappa shape index (κ2) is 6.20. The van der Waals surface area contributed by atoms with Crippen LogP contribution < -0.4 is 11.2 Å². The molecule has 0 spiro atoms. The molecule has 8 nitrogen and oxygen atoms in total. The summed E-state index contributed by atoms with van der Waals surface area (Å²) in [5.74, 6) is -1.17. The van der Waals surface area contributed by atoms with Crippen molar-refractivity contribution in [2.45, 2.75) is 19.9 Å². The second-order valence-corrected chi connectivity index (χ2v) is 7.25. The van der Waals surface area contributed by atoms with Crippen LogP contribution in [0.25, 0.3) is 21.3 Å². The van der Waals surface area contributed by atoms with Gasteiger partial charge in [0.2, 0.25) is 0 Å². The van der Waals surface area contributed by atoms with Crippen LogP contribution in [0.2, 0.25) is 0 Å². The van der Waals surface area contributed by atoms with Crippen LogP contribution in [0, 0.1) is 0 Å². The number of aryl methyl sites for hydroxylation is 1. The Kier molecular flexibility index (Phi) is 3.96. The molecular weight excluding hydrogens is 368 g/mol. The highest BCUT2D eigenvalue weighted by Gasteiger charge is 2.25. The van der Waals surface area contributed by atoms with Gasteiger partial charge in [-0.2, -0.15) is 0 Å². The molecule has 0 fully saturated rings. The van der Waals surface area contributed by atoms with E-state index in [0.717, 1.165) is 15.5 Å². The molecule has 4 aromatic rings. The van der Waals surface area contributed by atoms with Crippen LogP contribution in [-0.2, 0) is 20.0 Å². The first-order chi connectivity index (χ1) is 12.9. The van der Waals surface area contributed by atoms with Crippen LogP contribution in [-0.4, -0.2) is 30.2 Å². The molecule has 0 unspecified atom stereocenters. The lowest BCUT2D eigenvalue weighted by Gasteiger charge is -2.06. The monoisotopic (exact) mass is 384 g/mol. The number of aromatic carboxylic acids is 1. The molecule has 4 heterocycles. The summed E-state index contributed by atoms with van der Waals surface area (Å²) in [6, 6.07) is 3.72. The Morgan fingerprint density at radius 3 is 2.85 bits per heavy atom. The van der Waals surface area contributed by atoms with Crippen molar-refractivity contribution in [2.75, 3.05) is 0 Å². The number of pyridine rings is 1. The van der Waals surface area contributed by atoms with Crippen LogP contribution in [0.4, 0.5) is 0 Å². The molecular formula is C18H16N4O4S. The average Bonchev–Trinajstić information content (AvgIpc) is 3.23. The predicted octanol–water partition coefficient (Wildman–Crippen LogP) is 1.95. The van der Waals surface area contributed by atoms with Crippen molar-refractivity contribution < 1.29 is 9.90 Å². The normalized spacial score (nSPS) is 11.5. The number of aromatic amines is 1. The molecule has 0 aromatic carbocycles. The molecule has 0 aliphatic heterocycles. The fraction of sp³-hybridized carbons (Fsp3) is 0.222. The molecule has 0 saturated heterocycles. The van der Waals surface area contributed by atoms with Gasteiger partial charge in [0.25, 0.3) is 5.56 Å². The summed E-state index contributed by atoms with van der Waals surface area (Å²) < 4.78 is 2.40. The number of hydrogen-bond donors (Lipinski definition) is 2. The largest absolute Gasteiger partial charge is 0.478 e. The van der Waals surface area contributed by atoms with Gasteiger partial charge < -0.3 is 10.1 Å². The first kappa shape index (κ1) is 17.2. The molecule has 4 rings (SSSR count). The Hall–Kier alpha value is -3.20. The van der Waals surface area contributed by atoms with Gasteiger partial charge in [-0.1, -0.05) is 0 Å². The van der Waals surface area contributed by atoms with E-state index in [0.29, 0.717) is 28.3 Å². The Morgan fingerprint density at radius 1 is 1.37 bits per heavy atom. The Bertz CT molecular complexity index is 1330. The lowest BCUT2D eigenvalue weighted by Crippen LogP contribution is -2.37. The van der Waals surface area contributed by atoms with Crippen molar-refractivity contribution in [1.82, 2.24) is 19.1 Å². The summed E-state index contributed by atoms with van der Waals surface area (Å²) in [5, 5.41) is 10.8. The van der Waals surface area contributed by atoms with Crippen LogP contribution in [0.3, 0.4) is 0 Å². The smallest absolute Gasteiger partial charge is 0.337 e. The van der Waals surface area contributed by atoms with E-state index in [-0.39, 0.29) is 10.9 Å². The van der Waals surface area contributed by atoms with E-state index in [1.165, 1.54) is 23.0 Å². The molecule has 4 aromatic heterocycles. The first-order valence-electron chi connectivity index (χ1n) is 8.33. The Labute approximate surface area is 156 Å². The minimum absolute atomic E-state index is 0.0314. The number of aromatic nitrogens is 4. The number of H-pyrrole nitrogens is 1. The zero-order valence-corrected chi connectivity index (χ0v) is 15.5. The van der Waals surface area contributed by atoms with Gasteiger partial charge in [-0.3, -0.25) is 13.9 Å². The van der Waals surface area contributed by atoms with Crippen LogP contribution in [0.5, 0.6) is 0 Å². The summed E-state index contributed by atoms with van der Waals surface area (Å²) >= 11 is 1.18. The number of fused-ring (bicyclic) bond motifs is 2. The van der Waals surface area contributed by atoms with Crippen molar-refractivity contribution >= 4 is 38.6 Å². The van der Waals surface area contributed by atoms with Crippen molar-refractivity contribution in [3.8, 4) is 0 Å². The number of nitrogens with zero attached hydrogens (tertiary/aromatic N) is 3. The summed E-state index contributed by atoms with van der Waals surface area (Å²) in [6.07, 6.45) is 3.79. The van der Waals surface area contributed by atoms with Gasteiger partial charge in [0, 0.05) is 42.7 Å². The molecule has 0 aliphatic carbocycles. The quantitative estimate of drug-likeness (QED) is 0.559. The van der Waals surface area contributed by atoms with Crippen LogP contribution in [0.1, 0.15) is 27.7 Å². The minimum Gasteiger partial charge on any atom is -0.478 e. The van der Waals surface area contributed by atoms with Gasteiger partial charge in [-0.15, -0.1) is 11.3 Å². The first-order valence-corrected chi connectivity index (χ1v) is 9.15. The molecule has 9 heteroatoms. The third-order valence-corrected chi connectivity index (χ3v) is 5.87. The van der Waals surface area contributed by atoms with E-state index in [1.54, 1.807) is 19.3 Å². The predicted molar refractivity (Wildman–Crippen MR) is 103 cm³/mol. The average molecular weight is 384 g/mol. The molecule has 0 atom stereocenters. The molecule has 0 amide bonds. The topological polar surface area (TPSA) is 110 Å². The van der Waals surface area contributed by atoms with E-state index in [1.807, 2.05) is 12.1 Å². The highest BCUT2D eigenvalue weighted by Crippen LogP contribution is 2.32. The van der Waals surface area contributed by atoms with E-state index in [2.05, 4.69) is 9.97 Å². The van der Waals surface area contributed by atoms with Crippen molar-refractivity contribution in [1.29, 1.82) is 0 Å². The lowest BCUT2D eigenvalue weighted by atomic mass is 10.1. The van der Waals surface area contributed by atoms with E-state index < -0.39 is 17.2 Å². The number of thiophene rings is 1. The number of nitrogens with one attached hydrogen (secondary N) is 1.